The molecule has 0 aliphatic carbocycles. The molecule has 0 aromatic carbocycles. The molecule has 25 nitrogen and oxygen atoms in total. The molecular formula is C9H32O25Si26. The Balaban J connectivity index is 5.46. The van der Waals surface area contributed by atoms with Gasteiger partial charge in [0, 0.05) is 0 Å². The summed E-state index contributed by atoms with van der Waals surface area (Å²) < 4.78 is 279. The largest absolute Gasteiger partial charge is 0.560 e. The Morgan fingerprint density at radius 2 is 0.650 bits per heavy atom. The molecule has 0 saturated heterocycles. The fourth-order valence-electron chi connectivity index (χ4n) is 3.55. The van der Waals surface area contributed by atoms with Gasteiger partial charge in [-0.05, 0) is 58.9 Å². The highest BCUT2D eigenvalue weighted by molar-refractivity contribution is 7.81. The topological polar surface area (TPSA) is 388 Å². The monoisotopic (exact) mass is 1270 g/mol. The summed E-state index contributed by atoms with van der Waals surface area (Å²) in [4.78, 5) is 0. The molecule has 0 aromatic heterocycles. The summed E-state index contributed by atoms with van der Waals surface area (Å²) in [5.74, 6) is 0. The van der Waals surface area contributed by atoms with E-state index in [1.807, 2.05) is 0 Å². The third kappa shape index (κ3) is 20.3. The predicted octanol–water partition coefficient (Wildman–Crippen LogP) is -8.70. The van der Waals surface area contributed by atoms with Crippen LogP contribution in [-0.4, -0.2) is 209 Å². The lowest BCUT2D eigenvalue weighted by molar-refractivity contribution is 0.377. The first-order valence-electron chi connectivity index (χ1n) is 16.1. The first kappa shape index (κ1) is 61.1. The van der Waals surface area contributed by atoms with Gasteiger partial charge in [0.1, 0.15) is 0 Å². The van der Waals surface area contributed by atoms with Crippen LogP contribution in [0.1, 0.15) is 0 Å². The van der Waals surface area contributed by atoms with E-state index in [2.05, 4.69) is 0 Å². The van der Waals surface area contributed by atoms with Gasteiger partial charge in [0.25, 0.3) is 0 Å². The molecule has 0 saturated carbocycles. The van der Waals surface area contributed by atoms with Crippen molar-refractivity contribution < 1.29 is 110 Å². The number of hydrogen-bond acceptors (Lipinski definition) is 25. The highest BCUT2D eigenvalue weighted by atomic mass is 30.1. The van der Waals surface area contributed by atoms with Gasteiger partial charge in [0.05, 0.1) is 0 Å². The molecule has 0 aromatic rings. The van der Waals surface area contributed by atoms with Gasteiger partial charge >= 0.3 is 174 Å². The summed E-state index contributed by atoms with van der Waals surface area (Å²) in [5, 5.41) is 0. The maximum atomic E-state index is 12.7. The van der Waals surface area contributed by atoms with Crippen molar-refractivity contribution in [1.29, 1.82) is 0 Å². The molecule has 1 unspecified atom stereocenters. The molecule has 0 amide bonds. The molecule has 0 rings (SSSR count). The van der Waals surface area contributed by atoms with Crippen LogP contribution in [0.4, 0.5) is 0 Å². The highest BCUT2D eigenvalue weighted by Crippen LogP contribution is 2.15. The normalized spacial score (nSPS) is 12.1. The van der Waals surface area contributed by atoms with Gasteiger partial charge in [-0.15, -0.1) is 0 Å². The highest BCUT2D eigenvalue weighted by Gasteiger charge is 2.55. The van der Waals surface area contributed by atoms with E-state index in [0.29, 0.717) is 0 Å². The lowest BCUT2D eigenvalue weighted by Gasteiger charge is -2.30. The van der Waals surface area contributed by atoms with Gasteiger partial charge < -0.3 is 110 Å². The van der Waals surface area contributed by atoms with Gasteiger partial charge in [-0.3, -0.25) is 0 Å². The van der Waals surface area contributed by atoms with E-state index in [-0.39, 0.29) is 0 Å². The third-order valence-electron chi connectivity index (χ3n) is 6.01. The Morgan fingerprint density at radius 3 is 0.983 bits per heavy atom. The van der Waals surface area contributed by atoms with Crippen molar-refractivity contribution >= 4 is 209 Å². The van der Waals surface area contributed by atoms with E-state index in [1.54, 1.807) is 39.3 Å². The molecule has 0 radical (unpaired) electrons. The zero-order valence-corrected chi connectivity index (χ0v) is 59.7. The lowest BCUT2D eigenvalue weighted by atomic mass is 11.8. The molecule has 0 spiro atoms. The minimum absolute atomic E-state index is 1.20. The van der Waals surface area contributed by atoms with Crippen LogP contribution in [0.2, 0.25) is 58.9 Å². The van der Waals surface area contributed by atoms with E-state index in [1.165, 1.54) is 19.6 Å². The smallest absolute Gasteiger partial charge is 0.533 e. The lowest BCUT2D eigenvalue weighted by Crippen LogP contribution is -2.56. The predicted molar refractivity (Wildman–Crippen MR) is 229 cm³/mol. The molecule has 0 bridgehead atoms. The van der Waals surface area contributed by atoms with E-state index >= 15 is 0 Å². The van der Waals surface area contributed by atoms with Gasteiger partial charge in [0.15, 0.2) is 16.6 Å². The minimum Gasteiger partial charge on any atom is -0.560 e. The Kier molecular flexibility index (Phi) is 26.9. The second-order valence-electron chi connectivity index (χ2n) is 13.8. The van der Waals surface area contributed by atoms with Gasteiger partial charge in [-0.1, -0.05) is 0 Å². The van der Waals surface area contributed by atoms with Gasteiger partial charge in [-0.25, -0.2) is 0 Å². The van der Waals surface area contributed by atoms with Crippen LogP contribution < -0.4 is 0 Å². The quantitative estimate of drug-likeness (QED) is 0.0603. The molecule has 0 heterocycles. The Hall–Kier alpha value is 1.12. The number of rotatable bonds is 30. The maximum absolute atomic E-state index is 12.7. The summed E-state index contributed by atoms with van der Waals surface area (Å²) in [6, 6.07) is 0. The van der Waals surface area contributed by atoms with Crippen molar-refractivity contribution in [2.75, 3.05) is 0 Å². The van der Waals surface area contributed by atoms with Crippen LogP contribution in [0.3, 0.4) is 0 Å². The Bertz CT molecular complexity index is 2120. The van der Waals surface area contributed by atoms with Crippen LogP contribution in [-0.2, 0) is 110 Å². The summed E-state index contributed by atoms with van der Waals surface area (Å²) in [6.45, 7) is 14.7. The standard InChI is InChI=1S/C9H32O25Si26/c1-37(32-38(10)42(14)44(16)41(13)36-31-58(2,3)4)30-35-40(12)45(17)47(19)49(21)51(23)53(25)55(27)57(29)56(28)54(26)52(24)50(22)48(20)46(18)43(15)39(11)33-60(8,9)34-59(5,6)7/h37H,35-36H2,1-9H3. The molecule has 0 N–H and O–H groups in total. The van der Waals surface area contributed by atoms with Crippen LogP contribution in [0.15, 0.2) is 0 Å². The van der Waals surface area contributed by atoms with Crippen molar-refractivity contribution in [1.82, 2.24) is 0 Å². The Labute approximate surface area is 374 Å². The fourth-order valence-corrected chi connectivity index (χ4v) is 236. The SMILES string of the molecule is C[SiH](O[SiH2][Si](=O)[Si](=O)[Si](=O)[Si](=O)[Si](=O)[Si](=O)[Si](=O)[Si](=O)[Si](=O)[Si](=O)[Si](=O)[Si](=O)[Si](=O)[Si](=O)[Si](=O)[Si](=O)O[Si](C)(C)O[Si](C)(C)C)O[Si](=O)[Si](=O)[Si](=O)[Si](=O)[SiH2]O[Si](C)(C)C. The maximum Gasteiger partial charge on any atom is 0.533 e. The second-order valence-corrected chi connectivity index (χ2v) is 128. The molecule has 0 aliphatic heterocycles. The zero-order chi connectivity index (χ0) is 47.6. The average Bonchev–Trinajstić information content (AvgIpc) is 3.15. The molecule has 1 atom stereocenters. The first-order valence-corrected chi connectivity index (χ1v) is 79.7. The molecular weight excluding hydrogens is 1240 g/mol. The molecule has 60 heavy (non-hydrogen) atoms. The van der Waals surface area contributed by atoms with Crippen molar-refractivity contribution in [3.8, 4) is 0 Å². The fraction of sp³-hybridized carbons (Fsp3) is 1.00. The van der Waals surface area contributed by atoms with Crippen molar-refractivity contribution in [3.05, 3.63) is 0 Å². The molecule has 0 aliphatic rings. The van der Waals surface area contributed by atoms with Crippen molar-refractivity contribution in [3.63, 3.8) is 0 Å². The minimum atomic E-state index is -4.41. The summed E-state index contributed by atoms with van der Waals surface area (Å²) in [6.07, 6.45) is 0. The van der Waals surface area contributed by atoms with Crippen molar-refractivity contribution in [2.45, 2.75) is 58.9 Å². The van der Waals surface area contributed by atoms with E-state index in [9.17, 15) is 89.2 Å². The second kappa shape index (κ2) is 26.5. The number of hydrogen-bond donors (Lipinski definition) is 0. The zero-order valence-electron chi connectivity index (χ0n) is 32.7. The van der Waals surface area contributed by atoms with Crippen LogP contribution in [0.5, 0.6) is 0 Å². The van der Waals surface area contributed by atoms with Crippen LogP contribution >= 0.6 is 0 Å². The summed E-state index contributed by atoms with van der Waals surface area (Å²) in [5.41, 5.74) is 0. The molecule has 0 fully saturated rings. The van der Waals surface area contributed by atoms with E-state index in [0.717, 1.165) is 0 Å². The van der Waals surface area contributed by atoms with Gasteiger partial charge in [-0.2, -0.15) is 0 Å². The molecule has 51 heteroatoms. The summed E-state index contributed by atoms with van der Waals surface area (Å²) in [7, 11) is -94.7. The van der Waals surface area contributed by atoms with Crippen LogP contribution in [0.25, 0.3) is 0 Å². The van der Waals surface area contributed by atoms with E-state index < -0.39 is 209 Å². The molecule has 322 valence electrons. The Morgan fingerprint density at radius 1 is 0.367 bits per heavy atom. The summed E-state index contributed by atoms with van der Waals surface area (Å²) >= 11 is 0. The van der Waals surface area contributed by atoms with Crippen molar-refractivity contribution in [2.24, 2.45) is 0 Å². The van der Waals surface area contributed by atoms with E-state index in [4.69, 9.17) is 20.6 Å². The van der Waals surface area contributed by atoms with Crippen LogP contribution in [0, 0.1) is 0 Å². The van der Waals surface area contributed by atoms with Gasteiger partial charge in [0.2, 0.25) is 18.6 Å². The average molecular weight is 1270 g/mol. The third-order valence-corrected chi connectivity index (χ3v) is 171. The first-order chi connectivity index (χ1) is 27.0.